The zero-order valence-corrected chi connectivity index (χ0v) is 23.8. The molecule has 2 N–H and O–H groups in total. The van der Waals surface area contributed by atoms with Gasteiger partial charge < -0.3 is 15.5 Å². The van der Waals surface area contributed by atoms with Crippen LogP contribution in [0.4, 0.5) is 40.8 Å². The van der Waals surface area contributed by atoms with Crippen LogP contribution < -0.4 is 15.5 Å². The lowest BCUT2D eigenvalue weighted by Crippen LogP contribution is -2.55. The molecule has 0 aromatic heterocycles. The molecule has 1 aliphatic rings. The Morgan fingerprint density at radius 1 is 0.933 bits per heavy atom. The third-order valence-electron chi connectivity index (χ3n) is 7.27. The fraction of sp³-hybridized carbons (Fsp3) is 0.323. The van der Waals surface area contributed by atoms with Crippen molar-refractivity contribution in [3.63, 3.8) is 0 Å². The maximum absolute atomic E-state index is 14.5. The molecule has 3 aromatic rings. The molecule has 6 nitrogen and oxygen atoms in total. The molecule has 0 fully saturated rings. The number of nitrogens with one attached hydrogen (secondary N) is 2. The molecule has 3 aromatic carbocycles. The van der Waals surface area contributed by atoms with Crippen molar-refractivity contribution in [1.82, 2.24) is 10.6 Å². The second kappa shape index (κ2) is 12.9. The van der Waals surface area contributed by atoms with Gasteiger partial charge in [0, 0.05) is 18.2 Å². The van der Waals surface area contributed by atoms with Crippen molar-refractivity contribution < 1.29 is 49.5 Å². The van der Waals surface area contributed by atoms with Gasteiger partial charge in [-0.1, -0.05) is 18.2 Å². The first-order valence-corrected chi connectivity index (χ1v) is 13.7. The summed E-state index contributed by atoms with van der Waals surface area (Å²) < 4.78 is 109. The van der Waals surface area contributed by atoms with Gasteiger partial charge in [0.15, 0.2) is 0 Å². The molecule has 0 bridgehead atoms. The maximum Gasteiger partial charge on any atom is 0.417 e. The van der Waals surface area contributed by atoms with Crippen LogP contribution in [-0.2, 0) is 34.8 Å². The summed E-state index contributed by atoms with van der Waals surface area (Å²) in [5.41, 5.74) is -3.19. The molecule has 0 saturated heterocycles. The van der Waals surface area contributed by atoms with Crippen LogP contribution in [0.2, 0.25) is 0 Å². The average Bonchev–Trinajstić information content (AvgIpc) is 3.08. The first-order chi connectivity index (χ1) is 21.0. The first kappa shape index (κ1) is 33.4. The third kappa shape index (κ3) is 7.60. The zero-order chi connectivity index (χ0) is 33.3. The monoisotopic (exact) mass is 641 g/mol. The number of benzene rings is 3. The first-order valence-electron chi connectivity index (χ1n) is 13.7. The van der Waals surface area contributed by atoms with E-state index in [0.717, 1.165) is 18.2 Å². The molecule has 3 amide bonds. The number of rotatable bonds is 7. The van der Waals surface area contributed by atoms with Gasteiger partial charge >= 0.3 is 12.4 Å². The topological polar surface area (TPSA) is 78.5 Å². The number of carbonyl (C=O) groups is 3. The Morgan fingerprint density at radius 2 is 1.62 bits per heavy atom. The molecule has 0 radical (unpaired) electrons. The van der Waals surface area contributed by atoms with Crippen LogP contribution in [0.5, 0.6) is 0 Å². The van der Waals surface area contributed by atoms with Gasteiger partial charge in [0.05, 0.1) is 16.7 Å². The summed E-state index contributed by atoms with van der Waals surface area (Å²) >= 11 is 0. The molecule has 1 heterocycles. The van der Waals surface area contributed by atoms with E-state index in [4.69, 9.17) is 0 Å². The van der Waals surface area contributed by atoms with Gasteiger partial charge in [-0.2, -0.15) is 26.3 Å². The lowest BCUT2D eigenvalue weighted by atomic mass is 10.0. The predicted octanol–water partition coefficient (Wildman–Crippen LogP) is 6.22. The zero-order valence-electron chi connectivity index (χ0n) is 23.8. The Balaban J connectivity index is 1.65. The van der Waals surface area contributed by atoms with Gasteiger partial charge in [0.25, 0.3) is 5.91 Å². The number of anilines is 1. The van der Waals surface area contributed by atoms with Crippen LogP contribution in [0.3, 0.4) is 0 Å². The SMILES string of the molecule is CC(C)N1C(=O)[C@H](NC(=O)[C@@H](Cc2ccccc2F)NC(=O)c2ccc(F)cc2C(F)(F)F)CCc2cc(C(F)(F)F)ccc21. The molecule has 4 rings (SSSR count). The van der Waals surface area contributed by atoms with Crippen molar-refractivity contribution in [2.24, 2.45) is 0 Å². The Hall–Kier alpha value is -4.49. The highest BCUT2D eigenvalue weighted by molar-refractivity contribution is 6.03. The maximum atomic E-state index is 14.5. The summed E-state index contributed by atoms with van der Waals surface area (Å²) in [7, 11) is 0. The van der Waals surface area contributed by atoms with Crippen LogP contribution in [-0.4, -0.2) is 35.8 Å². The Labute approximate surface area is 252 Å². The van der Waals surface area contributed by atoms with Crippen molar-refractivity contribution >= 4 is 23.4 Å². The van der Waals surface area contributed by atoms with Gasteiger partial charge in [0.1, 0.15) is 23.7 Å². The van der Waals surface area contributed by atoms with E-state index < -0.39 is 82.9 Å². The van der Waals surface area contributed by atoms with Gasteiger partial charge in [-0.15, -0.1) is 0 Å². The van der Waals surface area contributed by atoms with Crippen molar-refractivity contribution in [3.05, 3.63) is 100 Å². The standard InChI is InChI=1S/C31H27F8N3O3/c1-16(2)42-26-12-8-19(30(34,35)36)13-18(26)7-11-24(29(42)45)40-28(44)25(14-17-5-3-4-6-23(17)33)41-27(43)21-10-9-20(32)15-22(21)31(37,38)39/h3-6,8-10,12-13,15-16,24-25H,7,11,14H2,1-2H3,(H,40,44)(H,41,43)/t24-,25-/m1/s1. The minimum atomic E-state index is -5.13. The average molecular weight is 642 g/mol. The minimum absolute atomic E-state index is 0.0615. The largest absolute Gasteiger partial charge is 0.417 e. The van der Waals surface area contributed by atoms with E-state index in [0.29, 0.717) is 12.1 Å². The number of carbonyl (C=O) groups excluding carboxylic acids is 3. The smallest absolute Gasteiger partial charge is 0.342 e. The number of alkyl halides is 6. The van der Waals surface area contributed by atoms with Gasteiger partial charge in [0.2, 0.25) is 11.8 Å². The highest BCUT2D eigenvalue weighted by Gasteiger charge is 2.39. The van der Waals surface area contributed by atoms with Crippen molar-refractivity contribution in [2.45, 2.75) is 63.6 Å². The number of hydrogen-bond donors (Lipinski definition) is 2. The fourth-order valence-corrected chi connectivity index (χ4v) is 5.12. The molecule has 0 unspecified atom stereocenters. The second-order valence-corrected chi connectivity index (χ2v) is 10.8. The second-order valence-electron chi connectivity index (χ2n) is 10.8. The molecule has 0 aliphatic carbocycles. The lowest BCUT2D eigenvalue weighted by Gasteiger charge is -2.30. The summed E-state index contributed by atoms with van der Waals surface area (Å²) in [6, 6.07) is 5.80. The van der Waals surface area contributed by atoms with E-state index in [1.807, 2.05) is 0 Å². The summed E-state index contributed by atoms with van der Waals surface area (Å²) in [5, 5.41) is 4.60. The summed E-state index contributed by atoms with van der Waals surface area (Å²) in [4.78, 5) is 41.5. The van der Waals surface area contributed by atoms with Crippen LogP contribution >= 0.6 is 0 Å². The molecule has 0 spiro atoms. The number of halogens is 8. The van der Waals surface area contributed by atoms with Gasteiger partial charge in [-0.05, 0) is 80.3 Å². The van der Waals surface area contributed by atoms with Crippen LogP contribution in [0.1, 0.15) is 52.9 Å². The highest BCUT2D eigenvalue weighted by Crippen LogP contribution is 2.36. The van der Waals surface area contributed by atoms with Crippen LogP contribution in [0.15, 0.2) is 60.7 Å². The van der Waals surface area contributed by atoms with E-state index in [1.54, 1.807) is 13.8 Å². The van der Waals surface area contributed by atoms with Crippen molar-refractivity contribution in [2.75, 3.05) is 4.90 Å². The molecule has 2 atom stereocenters. The van der Waals surface area contributed by atoms with Gasteiger partial charge in [-0.25, -0.2) is 8.78 Å². The Bertz CT molecular complexity index is 1600. The third-order valence-corrected chi connectivity index (χ3v) is 7.27. The molecular weight excluding hydrogens is 614 g/mol. The minimum Gasteiger partial charge on any atom is -0.342 e. The number of aryl methyl sites for hydroxylation is 1. The summed E-state index contributed by atoms with van der Waals surface area (Å²) in [5.74, 6) is -5.20. The molecule has 240 valence electrons. The number of hydrogen-bond acceptors (Lipinski definition) is 3. The summed E-state index contributed by atoms with van der Waals surface area (Å²) in [6.07, 6.45) is -10.5. The van der Waals surface area contributed by atoms with E-state index in [2.05, 4.69) is 10.6 Å². The van der Waals surface area contributed by atoms with E-state index in [-0.39, 0.29) is 35.7 Å². The number of fused-ring (bicyclic) bond motifs is 1. The predicted molar refractivity (Wildman–Crippen MR) is 147 cm³/mol. The van der Waals surface area contributed by atoms with Crippen molar-refractivity contribution in [3.8, 4) is 0 Å². The lowest BCUT2D eigenvalue weighted by molar-refractivity contribution is -0.138. The Kier molecular flexibility index (Phi) is 9.54. The summed E-state index contributed by atoms with van der Waals surface area (Å²) in [6.45, 7) is 3.23. The molecule has 1 aliphatic heterocycles. The number of amides is 3. The highest BCUT2D eigenvalue weighted by atomic mass is 19.4. The van der Waals surface area contributed by atoms with E-state index in [9.17, 15) is 49.5 Å². The number of nitrogens with zero attached hydrogens (tertiary/aromatic N) is 1. The van der Waals surface area contributed by atoms with Crippen LogP contribution in [0, 0.1) is 11.6 Å². The van der Waals surface area contributed by atoms with Crippen molar-refractivity contribution in [1.29, 1.82) is 0 Å². The quantitative estimate of drug-likeness (QED) is 0.301. The van der Waals surface area contributed by atoms with Crippen LogP contribution in [0.25, 0.3) is 0 Å². The van der Waals surface area contributed by atoms with E-state index in [1.165, 1.54) is 29.2 Å². The fourth-order valence-electron chi connectivity index (χ4n) is 5.12. The normalized spacial score (nSPS) is 16.2. The Morgan fingerprint density at radius 3 is 2.24 bits per heavy atom. The molecular formula is C31H27F8N3O3. The van der Waals surface area contributed by atoms with Gasteiger partial charge in [-0.3, -0.25) is 14.4 Å². The molecule has 45 heavy (non-hydrogen) atoms. The van der Waals surface area contributed by atoms with E-state index >= 15 is 0 Å². The molecule has 0 saturated carbocycles. The molecule has 14 heteroatoms.